The van der Waals surface area contributed by atoms with Gasteiger partial charge in [-0.15, -0.1) is 0 Å². The van der Waals surface area contributed by atoms with Gasteiger partial charge in [0.15, 0.2) is 0 Å². The molecule has 2 aromatic rings. The third-order valence-electron chi connectivity index (χ3n) is 2.53. The molecule has 0 unspecified atom stereocenters. The first-order valence-electron chi connectivity index (χ1n) is 5.73. The summed E-state index contributed by atoms with van der Waals surface area (Å²) in [5.74, 6) is 0.750. The number of rotatable bonds is 6. The summed E-state index contributed by atoms with van der Waals surface area (Å²) in [7, 11) is 1.56. The smallest absolute Gasteiger partial charge is 0.287 e. The second kappa shape index (κ2) is 6.40. The Morgan fingerprint density at radius 3 is 3.11 bits per heavy atom. The van der Waals surface area contributed by atoms with Crippen molar-refractivity contribution in [2.24, 2.45) is 0 Å². The highest BCUT2D eigenvalue weighted by Gasteiger charge is 2.09. The highest BCUT2D eigenvalue weighted by atomic mass is 35.5. The van der Waals surface area contributed by atoms with Crippen LogP contribution >= 0.6 is 11.6 Å². The molecule has 2 rings (SSSR count). The Labute approximate surface area is 114 Å². The van der Waals surface area contributed by atoms with Crippen molar-refractivity contribution >= 4 is 17.3 Å². The van der Waals surface area contributed by atoms with E-state index in [0.29, 0.717) is 25.4 Å². The minimum Gasteiger partial charge on any atom is -0.467 e. The van der Waals surface area contributed by atoms with Crippen molar-refractivity contribution in [1.82, 2.24) is 9.78 Å². The number of furan rings is 1. The van der Waals surface area contributed by atoms with Crippen LogP contribution in [0.15, 0.2) is 33.8 Å². The molecule has 7 heteroatoms. The molecule has 2 aromatic heterocycles. The topological polar surface area (TPSA) is 69.3 Å². The SMILES string of the molecule is COCCn1ncc(NCc2ccco2)c(Cl)c1=O. The van der Waals surface area contributed by atoms with Gasteiger partial charge < -0.3 is 14.5 Å². The maximum atomic E-state index is 11.9. The van der Waals surface area contributed by atoms with Crippen LogP contribution in [-0.4, -0.2) is 23.5 Å². The zero-order chi connectivity index (χ0) is 13.7. The molecule has 0 radical (unpaired) electrons. The van der Waals surface area contributed by atoms with Gasteiger partial charge in [-0.3, -0.25) is 4.79 Å². The van der Waals surface area contributed by atoms with E-state index in [-0.39, 0.29) is 10.6 Å². The van der Waals surface area contributed by atoms with Gasteiger partial charge in [0, 0.05) is 7.11 Å². The molecule has 6 nitrogen and oxygen atoms in total. The van der Waals surface area contributed by atoms with Crippen LogP contribution in [0.2, 0.25) is 5.02 Å². The standard InChI is InChI=1S/C12H14ClN3O3/c1-18-6-4-16-12(17)11(13)10(8-15-16)14-7-9-3-2-5-19-9/h2-3,5,8,14H,4,6-7H2,1H3. The van der Waals surface area contributed by atoms with Crippen molar-refractivity contribution in [2.75, 3.05) is 19.0 Å². The molecule has 0 amide bonds. The molecule has 0 bridgehead atoms. The Bertz CT molecular complexity index is 580. The Kier molecular flexibility index (Phi) is 4.59. The fourth-order valence-electron chi connectivity index (χ4n) is 1.52. The van der Waals surface area contributed by atoms with Gasteiger partial charge in [0.1, 0.15) is 10.8 Å². The van der Waals surface area contributed by atoms with Crippen LogP contribution in [0.25, 0.3) is 0 Å². The highest BCUT2D eigenvalue weighted by molar-refractivity contribution is 6.32. The minimum atomic E-state index is -0.344. The quantitative estimate of drug-likeness (QED) is 0.875. The summed E-state index contributed by atoms with van der Waals surface area (Å²) in [6, 6.07) is 3.62. The molecular formula is C12H14ClN3O3. The first-order chi connectivity index (χ1) is 9.22. The lowest BCUT2D eigenvalue weighted by Gasteiger charge is -2.09. The van der Waals surface area contributed by atoms with Crippen LogP contribution in [0.4, 0.5) is 5.69 Å². The van der Waals surface area contributed by atoms with Crippen molar-refractivity contribution in [2.45, 2.75) is 13.1 Å². The van der Waals surface area contributed by atoms with E-state index in [9.17, 15) is 4.79 Å². The summed E-state index contributed by atoms with van der Waals surface area (Å²) in [5, 5.41) is 7.14. The third-order valence-corrected chi connectivity index (χ3v) is 2.89. The van der Waals surface area contributed by atoms with Gasteiger partial charge in [0.25, 0.3) is 5.56 Å². The lowest BCUT2D eigenvalue weighted by molar-refractivity contribution is 0.182. The van der Waals surface area contributed by atoms with E-state index in [4.69, 9.17) is 20.8 Å². The molecule has 0 aliphatic carbocycles. The number of nitrogens with zero attached hydrogens (tertiary/aromatic N) is 2. The highest BCUT2D eigenvalue weighted by Crippen LogP contribution is 2.16. The first kappa shape index (κ1) is 13.6. The Morgan fingerprint density at radius 1 is 1.58 bits per heavy atom. The summed E-state index contributed by atoms with van der Waals surface area (Å²) in [5.41, 5.74) is 0.139. The predicted molar refractivity (Wildman–Crippen MR) is 71.4 cm³/mol. The van der Waals surface area contributed by atoms with Gasteiger partial charge >= 0.3 is 0 Å². The van der Waals surface area contributed by atoms with E-state index < -0.39 is 0 Å². The fourth-order valence-corrected chi connectivity index (χ4v) is 1.73. The second-order valence-electron chi connectivity index (χ2n) is 3.83. The van der Waals surface area contributed by atoms with Gasteiger partial charge in [-0.1, -0.05) is 11.6 Å². The van der Waals surface area contributed by atoms with Crippen LogP contribution in [0, 0.1) is 0 Å². The number of hydrogen-bond acceptors (Lipinski definition) is 5. The summed E-state index contributed by atoms with van der Waals surface area (Å²) in [6.07, 6.45) is 3.10. The minimum absolute atomic E-state index is 0.109. The Hall–Kier alpha value is -1.79. The maximum Gasteiger partial charge on any atom is 0.287 e. The Balaban J connectivity index is 2.09. The number of ether oxygens (including phenoxy) is 1. The molecule has 19 heavy (non-hydrogen) atoms. The van der Waals surface area contributed by atoms with E-state index >= 15 is 0 Å². The molecule has 0 saturated carbocycles. The first-order valence-corrected chi connectivity index (χ1v) is 6.11. The zero-order valence-corrected chi connectivity index (χ0v) is 11.2. The van der Waals surface area contributed by atoms with Gasteiger partial charge in [-0.05, 0) is 12.1 Å². The van der Waals surface area contributed by atoms with Crippen molar-refractivity contribution in [3.63, 3.8) is 0 Å². The van der Waals surface area contributed by atoms with Crippen molar-refractivity contribution < 1.29 is 9.15 Å². The lowest BCUT2D eigenvalue weighted by atomic mass is 10.4. The fraction of sp³-hybridized carbons (Fsp3) is 0.333. The summed E-state index contributed by atoms with van der Waals surface area (Å²) in [4.78, 5) is 11.9. The van der Waals surface area contributed by atoms with Crippen molar-refractivity contribution in [1.29, 1.82) is 0 Å². The van der Waals surface area contributed by atoms with Gasteiger partial charge in [0.05, 0.1) is 37.8 Å². The molecule has 0 aromatic carbocycles. The van der Waals surface area contributed by atoms with Gasteiger partial charge in [0.2, 0.25) is 0 Å². The van der Waals surface area contributed by atoms with E-state index in [2.05, 4.69) is 10.4 Å². The number of aromatic nitrogens is 2. The summed E-state index contributed by atoms with van der Waals surface area (Å²) in [6.45, 7) is 1.21. The van der Waals surface area contributed by atoms with Crippen molar-refractivity contribution in [3.05, 3.63) is 45.7 Å². The monoisotopic (exact) mass is 283 g/mol. The molecule has 0 aliphatic rings. The van der Waals surface area contributed by atoms with Crippen LogP contribution in [-0.2, 0) is 17.8 Å². The maximum absolute atomic E-state index is 11.9. The van der Waals surface area contributed by atoms with Crippen LogP contribution in [0.3, 0.4) is 0 Å². The third kappa shape index (κ3) is 3.36. The number of nitrogens with one attached hydrogen (secondary N) is 1. The number of methoxy groups -OCH3 is 1. The molecule has 0 aliphatic heterocycles. The number of halogens is 1. The average molecular weight is 284 g/mol. The van der Waals surface area contributed by atoms with Crippen molar-refractivity contribution in [3.8, 4) is 0 Å². The second-order valence-corrected chi connectivity index (χ2v) is 4.20. The zero-order valence-electron chi connectivity index (χ0n) is 10.4. The van der Waals surface area contributed by atoms with E-state index in [1.807, 2.05) is 6.07 Å². The van der Waals surface area contributed by atoms with Crippen LogP contribution in [0.5, 0.6) is 0 Å². The van der Waals surface area contributed by atoms with Crippen LogP contribution in [0.1, 0.15) is 5.76 Å². The number of anilines is 1. The Morgan fingerprint density at radius 2 is 2.42 bits per heavy atom. The molecule has 102 valence electrons. The number of hydrogen-bond donors (Lipinski definition) is 1. The van der Waals surface area contributed by atoms with Crippen LogP contribution < -0.4 is 10.9 Å². The molecule has 0 fully saturated rings. The molecule has 2 heterocycles. The molecular weight excluding hydrogens is 270 g/mol. The van der Waals surface area contributed by atoms with Gasteiger partial charge in [-0.2, -0.15) is 5.10 Å². The lowest BCUT2D eigenvalue weighted by Crippen LogP contribution is -2.26. The molecule has 0 saturated heterocycles. The van der Waals surface area contributed by atoms with Gasteiger partial charge in [-0.25, -0.2) is 4.68 Å². The normalized spacial score (nSPS) is 10.6. The molecule has 0 atom stereocenters. The predicted octanol–water partition coefficient (Wildman–Crippen LogP) is 1.75. The molecule has 0 spiro atoms. The largest absolute Gasteiger partial charge is 0.467 e. The van der Waals surface area contributed by atoms with E-state index in [1.165, 1.54) is 10.9 Å². The average Bonchev–Trinajstić information content (AvgIpc) is 2.92. The summed E-state index contributed by atoms with van der Waals surface area (Å²) >= 11 is 6.01. The summed E-state index contributed by atoms with van der Waals surface area (Å²) < 4.78 is 11.3. The van der Waals surface area contributed by atoms with E-state index in [1.54, 1.807) is 19.4 Å². The van der Waals surface area contributed by atoms with E-state index in [0.717, 1.165) is 5.76 Å². The molecule has 1 N–H and O–H groups in total.